The highest BCUT2D eigenvalue weighted by atomic mass is 16.5. The van der Waals surface area contributed by atoms with Gasteiger partial charge in [-0.3, -0.25) is 15.2 Å². The summed E-state index contributed by atoms with van der Waals surface area (Å²) in [7, 11) is 7.57. The molecule has 8 heteroatoms. The Balaban J connectivity index is 2.39. The zero-order valence-corrected chi connectivity index (χ0v) is 12.9. The van der Waals surface area contributed by atoms with Crippen LogP contribution in [0.25, 0.3) is 0 Å². The third kappa shape index (κ3) is 3.23. The van der Waals surface area contributed by atoms with Crippen LogP contribution in [0.4, 0.5) is 0 Å². The van der Waals surface area contributed by atoms with Crippen molar-refractivity contribution in [1.29, 1.82) is 0 Å². The zero-order chi connectivity index (χ0) is 15.4. The van der Waals surface area contributed by atoms with Gasteiger partial charge in [-0.1, -0.05) is 0 Å². The fourth-order valence-electron chi connectivity index (χ4n) is 2.27. The van der Waals surface area contributed by atoms with Gasteiger partial charge < -0.3 is 9.64 Å². The van der Waals surface area contributed by atoms with Crippen molar-refractivity contribution in [1.82, 2.24) is 29.9 Å². The van der Waals surface area contributed by atoms with Crippen molar-refractivity contribution in [3.05, 3.63) is 29.8 Å². The Kier molecular flexibility index (Phi) is 4.94. The Morgan fingerprint density at radius 1 is 1.43 bits per heavy atom. The number of aryl methyl sites for hydroxylation is 1. The van der Waals surface area contributed by atoms with Gasteiger partial charge in [-0.2, -0.15) is 10.2 Å². The van der Waals surface area contributed by atoms with Crippen LogP contribution >= 0.6 is 0 Å². The maximum atomic E-state index is 5.77. The molecule has 0 radical (unpaired) electrons. The number of ether oxygens (including phenoxy) is 1. The molecule has 8 nitrogen and oxygen atoms in total. The third-order valence-corrected chi connectivity index (χ3v) is 3.42. The molecule has 2 aromatic heterocycles. The summed E-state index contributed by atoms with van der Waals surface area (Å²) in [5.74, 6) is 6.48. The second-order valence-electron chi connectivity index (χ2n) is 5.10. The van der Waals surface area contributed by atoms with Crippen LogP contribution in [0, 0.1) is 0 Å². The zero-order valence-electron chi connectivity index (χ0n) is 12.9. The number of likely N-dealkylation sites (N-methyl/N-ethyl adjacent to an activating group) is 1. The number of nitrogens with one attached hydrogen (secondary N) is 1. The van der Waals surface area contributed by atoms with E-state index in [0.717, 1.165) is 24.5 Å². The smallest absolute Gasteiger partial charge is 0.162 e. The van der Waals surface area contributed by atoms with Crippen LogP contribution < -0.4 is 16.0 Å². The Bertz CT molecular complexity index is 575. The molecule has 0 saturated heterocycles. The monoisotopic (exact) mass is 293 g/mol. The molecule has 0 aromatic carbocycles. The fourth-order valence-corrected chi connectivity index (χ4v) is 2.27. The van der Waals surface area contributed by atoms with Gasteiger partial charge >= 0.3 is 0 Å². The lowest BCUT2D eigenvalue weighted by molar-refractivity contribution is 0.358. The van der Waals surface area contributed by atoms with E-state index in [1.807, 2.05) is 31.9 Å². The average molecular weight is 293 g/mol. The van der Waals surface area contributed by atoms with E-state index >= 15 is 0 Å². The number of hydrogen-bond donors (Lipinski definition) is 2. The molecule has 3 N–H and O–H groups in total. The lowest BCUT2D eigenvalue weighted by Crippen LogP contribution is -2.33. The van der Waals surface area contributed by atoms with Gasteiger partial charge in [0.25, 0.3) is 0 Å². The highest BCUT2D eigenvalue weighted by Gasteiger charge is 2.24. The van der Waals surface area contributed by atoms with Crippen molar-refractivity contribution in [3.63, 3.8) is 0 Å². The topological polar surface area (TPSA) is 86.2 Å². The largest absolute Gasteiger partial charge is 0.493 e. The van der Waals surface area contributed by atoms with Crippen molar-refractivity contribution < 1.29 is 4.74 Å². The maximum absolute atomic E-state index is 5.77. The first kappa shape index (κ1) is 15.5. The molecule has 0 amide bonds. The van der Waals surface area contributed by atoms with Gasteiger partial charge in [0.1, 0.15) is 11.7 Å². The molecule has 116 valence electrons. The van der Waals surface area contributed by atoms with Gasteiger partial charge in [-0.05, 0) is 20.2 Å². The van der Waals surface area contributed by atoms with Crippen LogP contribution in [0.3, 0.4) is 0 Å². The molecule has 0 aliphatic rings. The summed E-state index contributed by atoms with van der Waals surface area (Å²) in [4.78, 5) is 2.10. The lowest BCUT2D eigenvalue weighted by Gasteiger charge is -2.20. The normalized spacial score (nSPS) is 12.9. The van der Waals surface area contributed by atoms with Crippen LogP contribution in [0.5, 0.6) is 5.75 Å². The van der Waals surface area contributed by atoms with Crippen LogP contribution in [0.15, 0.2) is 18.5 Å². The van der Waals surface area contributed by atoms with E-state index in [-0.39, 0.29) is 6.04 Å². The minimum Gasteiger partial charge on any atom is -0.493 e. The SMILES string of the molecule is COc1cnn(CCN(C)C)c1C(NN)c1ccnn1C. The van der Waals surface area contributed by atoms with Crippen molar-refractivity contribution in [3.8, 4) is 5.75 Å². The summed E-state index contributed by atoms with van der Waals surface area (Å²) in [5.41, 5.74) is 4.68. The number of nitrogens with zero attached hydrogens (tertiary/aromatic N) is 5. The molecule has 2 heterocycles. The Morgan fingerprint density at radius 3 is 2.71 bits per heavy atom. The predicted molar refractivity (Wildman–Crippen MR) is 79.7 cm³/mol. The lowest BCUT2D eigenvalue weighted by atomic mass is 10.1. The van der Waals surface area contributed by atoms with Crippen molar-refractivity contribution in [2.75, 3.05) is 27.7 Å². The molecule has 0 aliphatic heterocycles. The number of aromatic nitrogens is 4. The minimum absolute atomic E-state index is 0.239. The molecule has 2 rings (SSSR count). The molecule has 0 aliphatic carbocycles. The summed E-state index contributed by atoms with van der Waals surface area (Å²) < 4.78 is 9.13. The van der Waals surface area contributed by atoms with E-state index in [0.29, 0.717) is 5.75 Å². The first-order valence-electron chi connectivity index (χ1n) is 6.77. The van der Waals surface area contributed by atoms with E-state index in [1.54, 1.807) is 24.2 Å². The highest BCUT2D eigenvalue weighted by molar-refractivity contribution is 5.33. The number of methoxy groups -OCH3 is 1. The van der Waals surface area contributed by atoms with Gasteiger partial charge in [0.15, 0.2) is 5.75 Å². The Morgan fingerprint density at radius 2 is 2.19 bits per heavy atom. The number of rotatable bonds is 7. The van der Waals surface area contributed by atoms with Crippen molar-refractivity contribution in [2.45, 2.75) is 12.6 Å². The van der Waals surface area contributed by atoms with Gasteiger partial charge in [-0.15, -0.1) is 0 Å². The Labute approximate surface area is 124 Å². The molecule has 1 unspecified atom stereocenters. The quantitative estimate of drug-likeness (QED) is 0.540. The molecular formula is C13H23N7O. The maximum Gasteiger partial charge on any atom is 0.162 e. The molecular weight excluding hydrogens is 270 g/mol. The Hall–Kier alpha value is -1.90. The number of hydrazine groups is 1. The summed E-state index contributed by atoms with van der Waals surface area (Å²) >= 11 is 0. The molecule has 21 heavy (non-hydrogen) atoms. The summed E-state index contributed by atoms with van der Waals surface area (Å²) in [6, 6.07) is 1.69. The minimum atomic E-state index is -0.239. The molecule has 0 fully saturated rings. The highest BCUT2D eigenvalue weighted by Crippen LogP contribution is 2.29. The third-order valence-electron chi connectivity index (χ3n) is 3.42. The van der Waals surface area contributed by atoms with Crippen LogP contribution in [0.1, 0.15) is 17.4 Å². The van der Waals surface area contributed by atoms with E-state index in [9.17, 15) is 0 Å². The molecule has 0 saturated carbocycles. The van der Waals surface area contributed by atoms with Crippen LogP contribution in [-0.2, 0) is 13.6 Å². The van der Waals surface area contributed by atoms with Crippen molar-refractivity contribution >= 4 is 0 Å². The number of nitrogens with two attached hydrogens (primary N) is 1. The van der Waals surface area contributed by atoms with Gasteiger partial charge in [-0.25, -0.2) is 5.43 Å². The van der Waals surface area contributed by atoms with Crippen molar-refractivity contribution in [2.24, 2.45) is 12.9 Å². The van der Waals surface area contributed by atoms with E-state index in [2.05, 4.69) is 20.5 Å². The first-order valence-corrected chi connectivity index (χ1v) is 6.77. The van der Waals surface area contributed by atoms with Crippen LogP contribution in [0.2, 0.25) is 0 Å². The predicted octanol–water partition coefficient (Wildman–Crippen LogP) is -0.260. The van der Waals surface area contributed by atoms with Crippen LogP contribution in [-0.4, -0.2) is 52.2 Å². The van der Waals surface area contributed by atoms with Gasteiger partial charge in [0.05, 0.1) is 25.5 Å². The second-order valence-corrected chi connectivity index (χ2v) is 5.10. The summed E-state index contributed by atoms with van der Waals surface area (Å²) in [6.07, 6.45) is 3.46. The first-order chi connectivity index (χ1) is 10.1. The summed E-state index contributed by atoms with van der Waals surface area (Å²) in [5, 5.41) is 8.60. The van der Waals surface area contributed by atoms with E-state index in [1.165, 1.54) is 0 Å². The van der Waals surface area contributed by atoms with Gasteiger partial charge in [0, 0.05) is 19.8 Å². The standard InChI is InChI=1S/C13H23N7O/c1-18(2)7-8-20-13(11(21-4)9-16-20)12(17-14)10-5-6-15-19(10)3/h5-6,9,12,17H,7-8,14H2,1-4H3. The average Bonchev–Trinajstić information content (AvgIpc) is 3.05. The van der Waals surface area contributed by atoms with E-state index in [4.69, 9.17) is 10.6 Å². The molecule has 1 atom stereocenters. The summed E-state index contributed by atoms with van der Waals surface area (Å²) in [6.45, 7) is 1.63. The molecule has 2 aromatic rings. The van der Waals surface area contributed by atoms with E-state index < -0.39 is 0 Å². The molecule has 0 bridgehead atoms. The fraction of sp³-hybridized carbons (Fsp3) is 0.538. The second kappa shape index (κ2) is 6.70. The number of hydrogen-bond acceptors (Lipinski definition) is 6. The van der Waals surface area contributed by atoms with Gasteiger partial charge in [0.2, 0.25) is 0 Å². The molecule has 0 spiro atoms.